The number of hydrogen-bond acceptors (Lipinski definition) is 5. The number of benzene rings is 2. The summed E-state index contributed by atoms with van der Waals surface area (Å²) < 4.78 is 15.6. The number of anilines is 1. The van der Waals surface area contributed by atoms with Crippen molar-refractivity contribution in [1.29, 1.82) is 0 Å². The van der Waals surface area contributed by atoms with Gasteiger partial charge >= 0.3 is 0 Å². The van der Waals surface area contributed by atoms with E-state index in [0.717, 1.165) is 5.56 Å². The number of carbonyl (C=O) groups is 2. The zero-order chi connectivity index (χ0) is 20.5. The highest BCUT2D eigenvalue weighted by Crippen LogP contribution is 2.27. The normalized spacial score (nSPS) is 10.1. The second-order valence-corrected chi connectivity index (χ2v) is 6.16. The van der Waals surface area contributed by atoms with Crippen LogP contribution >= 0.6 is 0 Å². The second-order valence-electron chi connectivity index (χ2n) is 6.16. The van der Waals surface area contributed by atoms with E-state index >= 15 is 0 Å². The zero-order valence-electron chi connectivity index (χ0n) is 16.7. The molecule has 150 valence electrons. The molecule has 0 aliphatic heterocycles. The SMILES string of the molecule is COc1ccc(NC(=O)CN(CCc2ccc(OC)c(OC)c2)C(C)=O)cc1. The summed E-state index contributed by atoms with van der Waals surface area (Å²) in [5.41, 5.74) is 1.63. The number of methoxy groups -OCH3 is 3. The molecule has 0 aliphatic carbocycles. The molecule has 2 amide bonds. The topological polar surface area (TPSA) is 77.1 Å². The molecule has 1 N–H and O–H groups in total. The number of nitrogens with zero attached hydrogens (tertiary/aromatic N) is 1. The molecule has 2 aromatic carbocycles. The van der Waals surface area contributed by atoms with Gasteiger partial charge in [0, 0.05) is 19.2 Å². The van der Waals surface area contributed by atoms with Crippen molar-refractivity contribution in [2.75, 3.05) is 39.7 Å². The summed E-state index contributed by atoms with van der Waals surface area (Å²) in [4.78, 5) is 25.8. The minimum absolute atomic E-state index is 0.0192. The fourth-order valence-electron chi connectivity index (χ4n) is 2.70. The summed E-state index contributed by atoms with van der Waals surface area (Å²) in [6, 6.07) is 12.6. The van der Waals surface area contributed by atoms with E-state index in [0.29, 0.717) is 35.9 Å². The first-order valence-electron chi connectivity index (χ1n) is 8.87. The molecular formula is C21H26N2O5. The van der Waals surface area contributed by atoms with Crippen LogP contribution in [0.4, 0.5) is 5.69 Å². The maximum absolute atomic E-state index is 12.3. The first-order valence-corrected chi connectivity index (χ1v) is 8.87. The maximum Gasteiger partial charge on any atom is 0.243 e. The molecule has 0 aliphatic rings. The van der Waals surface area contributed by atoms with Crippen LogP contribution in [0.25, 0.3) is 0 Å². The van der Waals surface area contributed by atoms with E-state index in [2.05, 4.69) is 5.32 Å². The number of rotatable bonds is 9. The van der Waals surface area contributed by atoms with E-state index in [1.807, 2.05) is 18.2 Å². The van der Waals surface area contributed by atoms with Crippen molar-refractivity contribution in [3.63, 3.8) is 0 Å². The van der Waals surface area contributed by atoms with Crippen LogP contribution in [-0.2, 0) is 16.0 Å². The van der Waals surface area contributed by atoms with Crippen LogP contribution in [0.5, 0.6) is 17.2 Å². The molecule has 0 unspecified atom stereocenters. The Bertz CT molecular complexity index is 805. The van der Waals surface area contributed by atoms with Gasteiger partial charge in [-0.3, -0.25) is 9.59 Å². The van der Waals surface area contributed by atoms with Crippen molar-refractivity contribution in [2.24, 2.45) is 0 Å². The van der Waals surface area contributed by atoms with Crippen molar-refractivity contribution >= 4 is 17.5 Å². The van der Waals surface area contributed by atoms with Crippen LogP contribution in [0.2, 0.25) is 0 Å². The van der Waals surface area contributed by atoms with E-state index in [-0.39, 0.29) is 18.4 Å². The Kier molecular flexibility index (Phi) is 7.68. The van der Waals surface area contributed by atoms with Gasteiger partial charge < -0.3 is 24.4 Å². The summed E-state index contributed by atoms with van der Waals surface area (Å²) in [5.74, 6) is 1.57. The van der Waals surface area contributed by atoms with Crippen molar-refractivity contribution in [3.8, 4) is 17.2 Å². The third-order valence-electron chi connectivity index (χ3n) is 4.27. The van der Waals surface area contributed by atoms with Gasteiger partial charge in [-0.2, -0.15) is 0 Å². The first-order chi connectivity index (χ1) is 13.5. The van der Waals surface area contributed by atoms with Crippen LogP contribution < -0.4 is 19.5 Å². The van der Waals surface area contributed by atoms with Crippen molar-refractivity contribution in [1.82, 2.24) is 4.90 Å². The van der Waals surface area contributed by atoms with E-state index in [1.54, 1.807) is 45.6 Å². The number of hydrogen-bond donors (Lipinski definition) is 1. The van der Waals surface area contributed by atoms with E-state index in [9.17, 15) is 9.59 Å². The molecule has 0 bridgehead atoms. The number of ether oxygens (including phenoxy) is 3. The molecule has 0 saturated carbocycles. The Morgan fingerprint density at radius 3 is 2.18 bits per heavy atom. The first kappa shape index (κ1) is 21.1. The minimum atomic E-state index is -0.257. The van der Waals surface area contributed by atoms with Gasteiger partial charge in [0.2, 0.25) is 11.8 Å². The second kappa shape index (κ2) is 10.2. The number of carbonyl (C=O) groups excluding carboxylic acids is 2. The molecule has 7 nitrogen and oxygen atoms in total. The van der Waals surface area contributed by atoms with E-state index in [1.165, 1.54) is 11.8 Å². The molecule has 0 aromatic heterocycles. The lowest BCUT2D eigenvalue weighted by molar-refractivity contribution is -0.132. The molecule has 0 radical (unpaired) electrons. The smallest absolute Gasteiger partial charge is 0.243 e. The highest BCUT2D eigenvalue weighted by Gasteiger charge is 2.14. The monoisotopic (exact) mass is 386 g/mol. The molecule has 0 saturated heterocycles. The Hall–Kier alpha value is -3.22. The van der Waals surface area contributed by atoms with Gasteiger partial charge in [-0.1, -0.05) is 6.07 Å². The van der Waals surface area contributed by atoms with Gasteiger partial charge in [0.15, 0.2) is 11.5 Å². The lowest BCUT2D eigenvalue weighted by atomic mass is 10.1. The molecule has 2 rings (SSSR count). The summed E-state index contributed by atoms with van der Waals surface area (Å²) >= 11 is 0. The maximum atomic E-state index is 12.3. The predicted molar refractivity (Wildman–Crippen MR) is 107 cm³/mol. The lowest BCUT2D eigenvalue weighted by Gasteiger charge is -2.21. The van der Waals surface area contributed by atoms with E-state index < -0.39 is 0 Å². The minimum Gasteiger partial charge on any atom is -0.497 e. The Labute approximate surface area is 165 Å². The Balaban J connectivity index is 1.95. The predicted octanol–water partition coefficient (Wildman–Crippen LogP) is 2.74. The van der Waals surface area contributed by atoms with Crippen molar-refractivity contribution in [2.45, 2.75) is 13.3 Å². The van der Waals surface area contributed by atoms with Gasteiger partial charge in [0.05, 0.1) is 27.9 Å². The molecular weight excluding hydrogens is 360 g/mol. The molecule has 0 heterocycles. The van der Waals surface area contributed by atoms with Crippen LogP contribution in [0.3, 0.4) is 0 Å². The molecule has 2 aromatic rings. The number of amides is 2. The van der Waals surface area contributed by atoms with Gasteiger partial charge in [-0.15, -0.1) is 0 Å². The Morgan fingerprint density at radius 2 is 1.61 bits per heavy atom. The van der Waals surface area contributed by atoms with Crippen LogP contribution in [0, 0.1) is 0 Å². The van der Waals surface area contributed by atoms with Crippen molar-refractivity contribution < 1.29 is 23.8 Å². The lowest BCUT2D eigenvalue weighted by Crippen LogP contribution is -2.38. The fourth-order valence-corrected chi connectivity index (χ4v) is 2.70. The highest BCUT2D eigenvalue weighted by molar-refractivity contribution is 5.94. The standard InChI is InChI=1S/C21H26N2O5/c1-15(24)23(12-11-16-5-10-19(27-3)20(13-16)28-4)14-21(25)22-17-6-8-18(26-2)9-7-17/h5-10,13H,11-12,14H2,1-4H3,(H,22,25). The van der Waals surface area contributed by atoms with Gasteiger partial charge in [0.1, 0.15) is 5.75 Å². The summed E-state index contributed by atoms with van der Waals surface area (Å²) in [6.45, 7) is 1.85. The third kappa shape index (κ3) is 5.90. The Morgan fingerprint density at radius 1 is 0.929 bits per heavy atom. The van der Waals surface area contributed by atoms with Gasteiger partial charge in [-0.25, -0.2) is 0 Å². The fraction of sp³-hybridized carbons (Fsp3) is 0.333. The van der Waals surface area contributed by atoms with E-state index in [4.69, 9.17) is 14.2 Å². The molecule has 7 heteroatoms. The molecule has 0 atom stereocenters. The molecule has 0 fully saturated rings. The average molecular weight is 386 g/mol. The quantitative estimate of drug-likeness (QED) is 0.717. The van der Waals surface area contributed by atoms with Gasteiger partial charge in [0.25, 0.3) is 0 Å². The van der Waals surface area contributed by atoms with Crippen LogP contribution in [0.1, 0.15) is 12.5 Å². The zero-order valence-corrected chi connectivity index (χ0v) is 16.7. The molecule has 28 heavy (non-hydrogen) atoms. The highest BCUT2D eigenvalue weighted by atomic mass is 16.5. The molecule has 0 spiro atoms. The summed E-state index contributed by atoms with van der Waals surface area (Å²) in [6.07, 6.45) is 0.593. The van der Waals surface area contributed by atoms with Gasteiger partial charge in [-0.05, 0) is 48.4 Å². The average Bonchev–Trinajstić information content (AvgIpc) is 2.71. The number of nitrogens with one attached hydrogen (secondary N) is 1. The largest absolute Gasteiger partial charge is 0.497 e. The van der Waals surface area contributed by atoms with Crippen LogP contribution in [-0.4, -0.2) is 51.1 Å². The summed E-state index contributed by atoms with van der Waals surface area (Å²) in [5, 5.41) is 2.79. The van der Waals surface area contributed by atoms with Crippen molar-refractivity contribution in [3.05, 3.63) is 48.0 Å². The summed E-state index contributed by atoms with van der Waals surface area (Å²) in [7, 11) is 4.74. The van der Waals surface area contributed by atoms with Crippen LogP contribution in [0.15, 0.2) is 42.5 Å². The third-order valence-corrected chi connectivity index (χ3v) is 4.27.